The van der Waals surface area contributed by atoms with Gasteiger partial charge in [-0.15, -0.1) is 0 Å². The number of hydrazone groups is 1. The molecule has 0 fully saturated rings. The molecule has 0 radical (unpaired) electrons. The molecule has 9 heteroatoms. The lowest BCUT2D eigenvalue weighted by Crippen LogP contribution is -2.39. The van der Waals surface area contributed by atoms with E-state index >= 15 is 0 Å². The van der Waals surface area contributed by atoms with Crippen molar-refractivity contribution in [3.05, 3.63) is 50.2 Å². The van der Waals surface area contributed by atoms with Gasteiger partial charge in [0.05, 0.1) is 11.8 Å². The standard InChI is InChI=1S/C16H16N4O5/c1-19-14(21)13(15(22)20(2)16(19)23)10-6-9(17-18-10)8-3-4-11-12(5-8)25-7-24-11/h3-5,9,17,21H,6-7H2,1-2H3. The zero-order valence-corrected chi connectivity index (χ0v) is 13.6. The Kier molecular flexibility index (Phi) is 3.31. The summed E-state index contributed by atoms with van der Waals surface area (Å²) in [6.07, 6.45) is 0.390. The van der Waals surface area contributed by atoms with E-state index < -0.39 is 11.2 Å². The van der Waals surface area contributed by atoms with E-state index in [-0.39, 0.29) is 24.3 Å². The number of aromatic hydroxyl groups is 1. The minimum atomic E-state index is -0.592. The third-order valence-corrected chi connectivity index (χ3v) is 4.47. The van der Waals surface area contributed by atoms with Gasteiger partial charge < -0.3 is 20.0 Å². The predicted molar refractivity (Wildman–Crippen MR) is 88.2 cm³/mol. The minimum Gasteiger partial charge on any atom is -0.494 e. The molecule has 2 aromatic rings. The van der Waals surface area contributed by atoms with Crippen molar-refractivity contribution < 1.29 is 14.6 Å². The van der Waals surface area contributed by atoms with Crippen molar-refractivity contribution in [1.82, 2.24) is 14.6 Å². The average Bonchev–Trinajstić information content (AvgIpc) is 3.27. The van der Waals surface area contributed by atoms with E-state index in [2.05, 4.69) is 10.5 Å². The summed E-state index contributed by atoms with van der Waals surface area (Å²) in [5, 5.41) is 14.4. The molecule has 2 aliphatic rings. The van der Waals surface area contributed by atoms with Crippen molar-refractivity contribution in [1.29, 1.82) is 0 Å². The Bertz CT molecular complexity index is 1020. The maximum atomic E-state index is 12.4. The third-order valence-electron chi connectivity index (χ3n) is 4.47. The smallest absolute Gasteiger partial charge is 0.333 e. The predicted octanol–water partition coefficient (Wildman–Crippen LogP) is -0.0430. The van der Waals surface area contributed by atoms with Crippen LogP contribution in [-0.4, -0.2) is 26.7 Å². The van der Waals surface area contributed by atoms with Gasteiger partial charge in [-0.3, -0.25) is 13.9 Å². The van der Waals surface area contributed by atoms with Crippen molar-refractivity contribution in [3.8, 4) is 17.4 Å². The number of hydrogen-bond acceptors (Lipinski definition) is 7. The fraction of sp³-hybridized carbons (Fsp3) is 0.312. The van der Waals surface area contributed by atoms with E-state index in [0.717, 1.165) is 14.7 Å². The molecule has 0 saturated heterocycles. The largest absolute Gasteiger partial charge is 0.494 e. The lowest BCUT2D eigenvalue weighted by atomic mass is 9.99. The first-order valence-electron chi connectivity index (χ1n) is 7.68. The van der Waals surface area contributed by atoms with Crippen molar-refractivity contribution in [3.63, 3.8) is 0 Å². The second-order valence-corrected chi connectivity index (χ2v) is 5.96. The van der Waals surface area contributed by atoms with E-state index in [1.807, 2.05) is 18.2 Å². The number of fused-ring (bicyclic) bond motifs is 1. The van der Waals surface area contributed by atoms with Crippen molar-refractivity contribution >= 4 is 5.71 Å². The molecule has 0 amide bonds. The molecule has 3 heterocycles. The van der Waals surface area contributed by atoms with E-state index in [1.165, 1.54) is 14.1 Å². The molecule has 1 aromatic carbocycles. The third kappa shape index (κ3) is 2.27. The van der Waals surface area contributed by atoms with Crippen molar-refractivity contribution in [2.75, 3.05) is 6.79 Å². The highest BCUT2D eigenvalue weighted by atomic mass is 16.7. The molecular weight excluding hydrogens is 328 g/mol. The van der Waals surface area contributed by atoms with Crippen LogP contribution in [0.4, 0.5) is 0 Å². The van der Waals surface area contributed by atoms with Gasteiger partial charge in [-0.1, -0.05) is 6.07 Å². The molecule has 0 spiro atoms. The Morgan fingerprint density at radius 1 is 1.20 bits per heavy atom. The lowest BCUT2D eigenvalue weighted by Gasteiger charge is -2.12. The minimum absolute atomic E-state index is 0.0281. The molecule has 1 aromatic heterocycles. The van der Waals surface area contributed by atoms with Gasteiger partial charge in [-0.05, 0) is 17.7 Å². The summed E-state index contributed by atoms with van der Waals surface area (Å²) in [5.41, 5.74) is 3.14. The first kappa shape index (κ1) is 15.3. The molecule has 1 unspecified atom stereocenters. The summed E-state index contributed by atoms with van der Waals surface area (Å²) in [4.78, 5) is 24.2. The maximum Gasteiger partial charge on any atom is 0.333 e. The number of ether oxygens (including phenoxy) is 2. The highest BCUT2D eigenvalue weighted by molar-refractivity contribution is 6.03. The van der Waals surface area contributed by atoms with Crippen LogP contribution >= 0.6 is 0 Å². The molecule has 1 atom stereocenters. The van der Waals surface area contributed by atoms with Gasteiger partial charge in [0.1, 0.15) is 5.56 Å². The van der Waals surface area contributed by atoms with Crippen LogP contribution < -0.4 is 26.1 Å². The highest BCUT2D eigenvalue weighted by Gasteiger charge is 2.28. The molecule has 0 bridgehead atoms. The van der Waals surface area contributed by atoms with Gasteiger partial charge in [0.25, 0.3) is 5.56 Å². The van der Waals surface area contributed by atoms with Crippen LogP contribution in [0.5, 0.6) is 17.4 Å². The Hall–Kier alpha value is -3.23. The molecule has 130 valence electrons. The number of aromatic nitrogens is 2. The maximum absolute atomic E-state index is 12.4. The van der Waals surface area contributed by atoms with Gasteiger partial charge in [0.15, 0.2) is 11.5 Å². The number of nitrogens with one attached hydrogen (secondary N) is 1. The SMILES string of the molecule is Cn1c(O)c(C2=NNC(c3ccc4c(c3)OCO4)C2)c(=O)n(C)c1=O. The Morgan fingerprint density at radius 3 is 2.76 bits per heavy atom. The molecule has 2 N–H and O–H groups in total. The van der Waals surface area contributed by atoms with E-state index in [9.17, 15) is 14.7 Å². The zero-order valence-electron chi connectivity index (χ0n) is 13.6. The Labute approximate surface area is 141 Å². The second kappa shape index (κ2) is 5.40. The highest BCUT2D eigenvalue weighted by Crippen LogP contribution is 2.36. The second-order valence-electron chi connectivity index (χ2n) is 5.96. The summed E-state index contributed by atoms with van der Waals surface area (Å²) < 4.78 is 12.6. The van der Waals surface area contributed by atoms with Crippen molar-refractivity contribution in [2.24, 2.45) is 19.2 Å². The van der Waals surface area contributed by atoms with Gasteiger partial charge in [-0.2, -0.15) is 5.10 Å². The summed E-state index contributed by atoms with van der Waals surface area (Å²) in [7, 11) is 2.77. The Balaban J connectivity index is 1.68. The van der Waals surface area contributed by atoms with Gasteiger partial charge in [0, 0.05) is 20.5 Å². The molecule has 0 aliphatic carbocycles. The lowest BCUT2D eigenvalue weighted by molar-refractivity contribution is 0.174. The summed E-state index contributed by atoms with van der Waals surface area (Å²) in [6.45, 7) is 0.195. The molecule has 0 saturated carbocycles. The number of benzene rings is 1. The molecule has 25 heavy (non-hydrogen) atoms. The van der Waals surface area contributed by atoms with Crippen LogP contribution in [0.25, 0.3) is 0 Å². The van der Waals surface area contributed by atoms with E-state index in [0.29, 0.717) is 23.6 Å². The quantitative estimate of drug-likeness (QED) is 0.791. The van der Waals surface area contributed by atoms with Crippen LogP contribution in [0.2, 0.25) is 0 Å². The summed E-state index contributed by atoms with van der Waals surface area (Å²) >= 11 is 0. The first-order chi connectivity index (χ1) is 12.0. The van der Waals surface area contributed by atoms with Crippen LogP contribution in [0.3, 0.4) is 0 Å². The normalized spacial score (nSPS) is 18.2. The molecule has 9 nitrogen and oxygen atoms in total. The fourth-order valence-electron chi connectivity index (χ4n) is 3.01. The number of rotatable bonds is 2. The summed E-state index contributed by atoms with van der Waals surface area (Å²) in [5.74, 6) is 0.959. The zero-order chi connectivity index (χ0) is 17.7. The Morgan fingerprint density at radius 2 is 1.96 bits per heavy atom. The van der Waals surface area contributed by atoms with Crippen LogP contribution in [0.1, 0.15) is 23.6 Å². The fourth-order valence-corrected chi connectivity index (χ4v) is 3.01. The van der Waals surface area contributed by atoms with E-state index in [4.69, 9.17) is 9.47 Å². The van der Waals surface area contributed by atoms with Gasteiger partial charge in [-0.25, -0.2) is 4.79 Å². The summed E-state index contributed by atoms with van der Waals surface area (Å²) in [6, 6.07) is 5.39. The molecule has 2 aliphatic heterocycles. The number of hydrogen-bond donors (Lipinski definition) is 2. The van der Waals surface area contributed by atoms with Crippen LogP contribution in [-0.2, 0) is 14.1 Å². The molecule has 4 rings (SSSR count). The first-order valence-corrected chi connectivity index (χ1v) is 7.68. The van der Waals surface area contributed by atoms with E-state index in [1.54, 1.807) is 0 Å². The average molecular weight is 344 g/mol. The topological polar surface area (TPSA) is 107 Å². The monoisotopic (exact) mass is 344 g/mol. The number of nitrogens with zero attached hydrogens (tertiary/aromatic N) is 3. The van der Waals surface area contributed by atoms with Crippen LogP contribution in [0.15, 0.2) is 32.9 Å². The van der Waals surface area contributed by atoms with Crippen molar-refractivity contribution in [2.45, 2.75) is 12.5 Å². The van der Waals surface area contributed by atoms with Gasteiger partial charge in [0.2, 0.25) is 12.7 Å². The van der Waals surface area contributed by atoms with Crippen LogP contribution in [0, 0.1) is 0 Å². The molecular formula is C16H16N4O5. The van der Waals surface area contributed by atoms with Gasteiger partial charge >= 0.3 is 5.69 Å².